The van der Waals surface area contributed by atoms with Gasteiger partial charge in [-0.2, -0.15) is 0 Å². The summed E-state index contributed by atoms with van der Waals surface area (Å²) in [6.45, 7) is 2.25. The Morgan fingerprint density at radius 1 is 1.28 bits per heavy atom. The maximum absolute atomic E-state index is 12.3. The van der Waals surface area contributed by atoms with Crippen molar-refractivity contribution in [3.63, 3.8) is 0 Å². The van der Waals surface area contributed by atoms with Gasteiger partial charge in [0.2, 0.25) is 0 Å². The van der Waals surface area contributed by atoms with Gasteiger partial charge in [-0.3, -0.25) is 19.9 Å². The average molecular weight is 407 g/mol. The molecule has 0 radical (unpaired) electrons. The third-order valence-electron chi connectivity index (χ3n) is 3.75. The number of nitro benzene ring substituents is 1. The molecule has 0 aliphatic carbocycles. The summed E-state index contributed by atoms with van der Waals surface area (Å²) in [6.07, 6.45) is 3.00. The molecule has 8 nitrogen and oxygen atoms in total. The number of morpholine rings is 1. The number of halogens is 1. The maximum atomic E-state index is 12.3. The summed E-state index contributed by atoms with van der Waals surface area (Å²) >= 11 is 3.25. The van der Waals surface area contributed by atoms with Crippen molar-refractivity contribution in [2.45, 2.75) is 0 Å². The smallest absolute Gasteiger partial charge is 0.294 e. The van der Waals surface area contributed by atoms with E-state index < -0.39 is 4.92 Å². The minimum absolute atomic E-state index is 0.0490. The molecule has 0 saturated carbocycles. The Hall–Kier alpha value is -2.52. The number of benzene rings is 1. The number of carbonyl (C=O) groups excluding carboxylic acids is 1. The zero-order valence-corrected chi connectivity index (χ0v) is 14.7. The summed E-state index contributed by atoms with van der Waals surface area (Å²) in [5.74, 6) is -0.387. The first-order valence-corrected chi connectivity index (χ1v) is 8.37. The van der Waals surface area contributed by atoms with Crippen LogP contribution in [0.1, 0.15) is 10.4 Å². The molecule has 1 aromatic carbocycles. The van der Waals surface area contributed by atoms with E-state index in [-0.39, 0.29) is 11.6 Å². The van der Waals surface area contributed by atoms with Gasteiger partial charge in [-0.05, 0) is 34.1 Å². The maximum Gasteiger partial charge on any atom is 0.294 e. The molecule has 1 aliphatic rings. The van der Waals surface area contributed by atoms with Gasteiger partial charge in [-0.25, -0.2) is 0 Å². The highest BCUT2D eigenvalue weighted by molar-refractivity contribution is 9.10. The predicted octanol–water partition coefficient (Wildman–Crippen LogP) is 2.84. The van der Waals surface area contributed by atoms with E-state index in [1.54, 1.807) is 24.4 Å². The van der Waals surface area contributed by atoms with Crippen molar-refractivity contribution in [3.05, 3.63) is 56.8 Å². The third-order valence-corrected chi connectivity index (χ3v) is 4.18. The lowest BCUT2D eigenvalue weighted by molar-refractivity contribution is -0.384. The van der Waals surface area contributed by atoms with E-state index in [4.69, 9.17) is 4.74 Å². The number of nitro groups is 1. The standard InChI is InChI=1S/C16H15BrN4O4/c17-12-7-11(9-18-10-12)16(22)19-13-1-2-14(15(8-13)21(23)24)20-3-5-25-6-4-20/h1-2,7-10H,3-6H2,(H,19,22). The van der Waals surface area contributed by atoms with Crippen LogP contribution in [-0.4, -0.2) is 42.1 Å². The highest BCUT2D eigenvalue weighted by atomic mass is 79.9. The highest BCUT2D eigenvalue weighted by Crippen LogP contribution is 2.31. The van der Waals surface area contributed by atoms with E-state index in [0.29, 0.717) is 47.7 Å². The van der Waals surface area contributed by atoms with Gasteiger partial charge in [-0.1, -0.05) is 0 Å². The van der Waals surface area contributed by atoms with Crippen LogP contribution in [0, 0.1) is 10.1 Å². The zero-order valence-electron chi connectivity index (χ0n) is 13.1. The predicted molar refractivity (Wildman–Crippen MR) is 96.0 cm³/mol. The quantitative estimate of drug-likeness (QED) is 0.619. The minimum Gasteiger partial charge on any atom is -0.378 e. The molecule has 0 atom stereocenters. The topological polar surface area (TPSA) is 97.6 Å². The molecule has 0 bridgehead atoms. The van der Waals surface area contributed by atoms with Crippen LogP contribution < -0.4 is 10.2 Å². The Morgan fingerprint density at radius 2 is 2.04 bits per heavy atom. The van der Waals surface area contributed by atoms with Crippen molar-refractivity contribution >= 4 is 38.9 Å². The van der Waals surface area contributed by atoms with Crippen molar-refractivity contribution < 1.29 is 14.5 Å². The van der Waals surface area contributed by atoms with Gasteiger partial charge in [-0.15, -0.1) is 0 Å². The van der Waals surface area contributed by atoms with Crippen LogP contribution in [0.3, 0.4) is 0 Å². The first-order chi connectivity index (χ1) is 12.0. The lowest BCUT2D eigenvalue weighted by Crippen LogP contribution is -2.36. The number of nitrogens with one attached hydrogen (secondary N) is 1. The summed E-state index contributed by atoms with van der Waals surface area (Å²) in [5, 5.41) is 14.1. The van der Waals surface area contributed by atoms with Crippen LogP contribution in [-0.2, 0) is 4.74 Å². The molecule has 3 rings (SSSR count). The fourth-order valence-corrected chi connectivity index (χ4v) is 2.92. The number of ether oxygens (including phenoxy) is 1. The first-order valence-electron chi connectivity index (χ1n) is 7.57. The second-order valence-corrected chi connectivity index (χ2v) is 6.32. The summed E-state index contributed by atoms with van der Waals surface area (Å²) in [7, 11) is 0. The number of hydrogen-bond acceptors (Lipinski definition) is 6. The molecule has 25 heavy (non-hydrogen) atoms. The van der Waals surface area contributed by atoms with Gasteiger partial charge in [0.15, 0.2) is 0 Å². The molecule has 1 fully saturated rings. The molecule has 0 spiro atoms. The molecule has 1 N–H and O–H groups in total. The Labute approximate surface area is 152 Å². The van der Waals surface area contributed by atoms with Crippen molar-refractivity contribution in [1.82, 2.24) is 4.98 Å². The molecule has 1 aliphatic heterocycles. The second kappa shape index (κ2) is 7.58. The van der Waals surface area contributed by atoms with Crippen molar-refractivity contribution in [1.29, 1.82) is 0 Å². The van der Waals surface area contributed by atoms with Crippen LogP contribution in [0.25, 0.3) is 0 Å². The lowest BCUT2D eigenvalue weighted by atomic mass is 10.2. The van der Waals surface area contributed by atoms with Gasteiger partial charge in [0.05, 0.1) is 23.7 Å². The fraction of sp³-hybridized carbons (Fsp3) is 0.250. The van der Waals surface area contributed by atoms with E-state index in [2.05, 4.69) is 26.2 Å². The van der Waals surface area contributed by atoms with Crippen molar-refractivity contribution in [2.24, 2.45) is 0 Å². The Balaban J connectivity index is 1.84. The number of carbonyl (C=O) groups is 1. The molecular weight excluding hydrogens is 392 g/mol. The number of nitrogens with zero attached hydrogens (tertiary/aromatic N) is 3. The number of amides is 1. The third kappa shape index (κ3) is 4.12. The van der Waals surface area contributed by atoms with Crippen LogP contribution in [0.2, 0.25) is 0 Å². The summed E-state index contributed by atoms with van der Waals surface area (Å²) in [6, 6.07) is 6.30. The SMILES string of the molecule is O=C(Nc1ccc(N2CCOCC2)c([N+](=O)[O-])c1)c1cncc(Br)c1. The Morgan fingerprint density at radius 3 is 2.72 bits per heavy atom. The van der Waals surface area contributed by atoms with E-state index in [9.17, 15) is 14.9 Å². The molecule has 2 aromatic rings. The molecule has 1 amide bonds. The molecule has 9 heteroatoms. The first kappa shape index (κ1) is 17.3. The molecular formula is C16H15BrN4O4. The average Bonchev–Trinajstić information content (AvgIpc) is 2.62. The van der Waals surface area contributed by atoms with Gasteiger partial charge in [0.1, 0.15) is 5.69 Å². The monoisotopic (exact) mass is 406 g/mol. The largest absolute Gasteiger partial charge is 0.378 e. The van der Waals surface area contributed by atoms with E-state index >= 15 is 0 Å². The Bertz CT molecular complexity index is 808. The summed E-state index contributed by atoms with van der Waals surface area (Å²) in [4.78, 5) is 29.1. The van der Waals surface area contributed by atoms with Crippen LogP contribution >= 0.6 is 15.9 Å². The molecule has 2 heterocycles. The molecule has 1 aromatic heterocycles. The number of aromatic nitrogens is 1. The molecule has 130 valence electrons. The van der Waals surface area contributed by atoms with Crippen LogP contribution in [0.15, 0.2) is 41.1 Å². The normalized spacial score (nSPS) is 14.2. The zero-order chi connectivity index (χ0) is 17.8. The number of hydrogen-bond donors (Lipinski definition) is 1. The number of anilines is 2. The fourth-order valence-electron chi connectivity index (χ4n) is 2.56. The summed E-state index contributed by atoms with van der Waals surface area (Å²) in [5.41, 5.74) is 1.19. The highest BCUT2D eigenvalue weighted by Gasteiger charge is 2.22. The van der Waals surface area contributed by atoms with E-state index in [1.165, 1.54) is 12.3 Å². The minimum atomic E-state index is -0.443. The van der Waals surface area contributed by atoms with Gasteiger partial charge in [0.25, 0.3) is 11.6 Å². The molecule has 0 unspecified atom stereocenters. The van der Waals surface area contributed by atoms with Gasteiger partial charge >= 0.3 is 0 Å². The van der Waals surface area contributed by atoms with E-state index in [1.807, 2.05) is 4.90 Å². The van der Waals surface area contributed by atoms with Gasteiger partial charge in [0, 0.05) is 41.7 Å². The van der Waals surface area contributed by atoms with Crippen LogP contribution in [0.4, 0.5) is 17.1 Å². The number of pyridine rings is 1. The summed E-state index contributed by atoms with van der Waals surface area (Å²) < 4.78 is 5.95. The Kier molecular flexibility index (Phi) is 5.25. The lowest BCUT2D eigenvalue weighted by Gasteiger charge is -2.28. The van der Waals surface area contributed by atoms with Crippen molar-refractivity contribution in [3.8, 4) is 0 Å². The number of rotatable bonds is 4. The van der Waals surface area contributed by atoms with Crippen molar-refractivity contribution in [2.75, 3.05) is 36.5 Å². The van der Waals surface area contributed by atoms with Crippen LogP contribution in [0.5, 0.6) is 0 Å². The second-order valence-electron chi connectivity index (χ2n) is 5.41. The van der Waals surface area contributed by atoms with Gasteiger partial charge < -0.3 is 15.0 Å². The van der Waals surface area contributed by atoms with E-state index in [0.717, 1.165) is 0 Å². The molecule has 1 saturated heterocycles.